The smallest absolute Gasteiger partial charge is 0.272 e. The summed E-state index contributed by atoms with van der Waals surface area (Å²) in [7, 11) is 1.69. The summed E-state index contributed by atoms with van der Waals surface area (Å²) in [5.41, 5.74) is 2.90. The number of para-hydroxylation sites is 1. The number of benzene rings is 2. The average molecular weight is 461 g/mol. The van der Waals surface area contributed by atoms with Gasteiger partial charge < -0.3 is 14.8 Å². The van der Waals surface area contributed by atoms with E-state index in [0.717, 1.165) is 48.9 Å². The van der Waals surface area contributed by atoms with Gasteiger partial charge in [0.05, 0.1) is 31.9 Å². The average Bonchev–Trinajstić information content (AvgIpc) is 3.18. The third-order valence-electron chi connectivity index (χ3n) is 7.78. The van der Waals surface area contributed by atoms with Gasteiger partial charge in [-0.2, -0.15) is 5.10 Å². The molecule has 6 rings (SSSR count). The molecule has 7 nitrogen and oxygen atoms in total. The number of nitrogens with one attached hydrogen (secondary N) is 1. The minimum atomic E-state index is -0.0538. The number of carbonyl (C=O) groups excluding carboxylic acids is 1. The predicted molar refractivity (Wildman–Crippen MR) is 130 cm³/mol. The number of piperidine rings is 1. The van der Waals surface area contributed by atoms with Crippen LogP contribution in [0.2, 0.25) is 0 Å². The van der Waals surface area contributed by atoms with Crippen molar-refractivity contribution in [2.45, 2.75) is 62.8 Å². The first-order valence-electron chi connectivity index (χ1n) is 12.4. The first-order chi connectivity index (χ1) is 16.7. The summed E-state index contributed by atoms with van der Waals surface area (Å²) in [5, 5.41) is 9.07. The lowest BCUT2D eigenvalue weighted by Gasteiger charge is -2.48. The van der Waals surface area contributed by atoms with Gasteiger partial charge in [0.2, 0.25) is 0 Å². The van der Waals surface area contributed by atoms with E-state index < -0.39 is 0 Å². The Balaban J connectivity index is 1.16. The van der Waals surface area contributed by atoms with Crippen LogP contribution in [0.5, 0.6) is 5.75 Å². The van der Waals surface area contributed by atoms with Gasteiger partial charge in [0.1, 0.15) is 5.75 Å². The van der Waals surface area contributed by atoms with Crippen molar-refractivity contribution >= 4 is 16.8 Å². The second kappa shape index (κ2) is 9.04. The van der Waals surface area contributed by atoms with Gasteiger partial charge in [-0.15, -0.1) is 0 Å². The fraction of sp³-hybridized carbons (Fsp3) is 0.481. The Hall–Kier alpha value is -2.90. The van der Waals surface area contributed by atoms with Crippen LogP contribution in [0.25, 0.3) is 10.9 Å². The standard InChI is InChI=1S/C27H32N4O3/c1-33-23-11-9-18(10-12-23)15-30-21-13-19(14-22(30)17-34-16-21)28-27(32)26-24-7-2-3-8-25(24)31(29-26)20-5-4-6-20/h2-3,7-12,19-22H,4-6,13-17H2,1H3,(H,28,32). The molecule has 3 aliphatic rings. The zero-order valence-corrected chi connectivity index (χ0v) is 19.7. The van der Waals surface area contributed by atoms with Crippen molar-refractivity contribution in [1.29, 1.82) is 0 Å². The Morgan fingerprint density at radius 1 is 1.06 bits per heavy atom. The van der Waals surface area contributed by atoms with Crippen LogP contribution in [0.1, 0.15) is 54.2 Å². The zero-order valence-electron chi connectivity index (χ0n) is 19.7. The van der Waals surface area contributed by atoms with Gasteiger partial charge >= 0.3 is 0 Å². The predicted octanol–water partition coefficient (Wildman–Crippen LogP) is 3.93. The van der Waals surface area contributed by atoms with E-state index in [4.69, 9.17) is 14.6 Å². The maximum absolute atomic E-state index is 13.4. The number of amides is 1. The number of hydrogen-bond acceptors (Lipinski definition) is 5. The first-order valence-corrected chi connectivity index (χ1v) is 12.4. The molecule has 1 amide bonds. The number of carbonyl (C=O) groups is 1. The molecule has 2 bridgehead atoms. The second-order valence-electron chi connectivity index (χ2n) is 9.90. The topological polar surface area (TPSA) is 68.6 Å². The van der Waals surface area contributed by atoms with Crippen molar-refractivity contribution in [3.05, 3.63) is 59.8 Å². The molecule has 3 heterocycles. The number of hydrogen-bond donors (Lipinski definition) is 1. The second-order valence-corrected chi connectivity index (χ2v) is 9.90. The summed E-state index contributed by atoms with van der Waals surface area (Å²) in [5.74, 6) is 0.822. The monoisotopic (exact) mass is 460 g/mol. The van der Waals surface area contributed by atoms with Gasteiger partial charge in [0, 0.05) is 30.1 Å². The lowest BCUT2D eigenvalue weighted by atomic mass is 9.89. The van der Waals surface area contributed by atoms with Gasteiger partial charge in [0.25, 0.3) is 5.91 Å². The Kier molecular flexibility index (Phi) is 5.75. The molecule has 2 aromatic carbocycles. The lowest BCUT2D eigenvalue weighted by Crippen LogP contribution is -2.60. The highest BCUT2D eigenvalue weighted by Gasteiger charge is 2.39. The SMILES string of the molecule is COc1ccc(CN2C3COCC2CC(NC(=O)c2nn(C4CCC4)c4ccccc24)C3)cc1. The van der Waals surface area contributed by atoms with E-state index in [2.05, 4.69) is 33.1 Å². The van der Waals surface area contributed by atoms with Crippen molar-refractivity contribution in [1.82, 2.24) is 20.0 Å². The van der Waals surface area contributed by atoms with Gasteiger partial charge in [0.15, 0.2) is 5.69 Å². The number of methoxy groups -OCH3 is 1. The van der Waals surface area contributed by atoms with E-state index in [-0.39, 0.29) is 11.9 Å². The van der Waals surface area contributed by atoms with Crippen LogP contribution in [0.3, 0.4) is 0 Å². The van der Waals surface area contributed by atoms with Gasteiger partial charge in [-0.05, 0) is 55.9 Å². The maximum Gasteiger partial charge on any atom is 0.272 e. The van der Waals surface area contributed by atoms with Gasteiger partial charge in [-0.3, -0.25) is 14.4 Å². The molecule has 2 saturated heterocycles. The quantitative estimate of drug-likeness (QED) is 0.604. The highest BCUT2D eigenvalue weighted by Crippen LogP contribution is 2.35. The van der Waals surface area contributed by atoms with Crippen LogP contribution >= 0.6 is 0 Å². The molecule has 1 aliphatic carbocycles. The van der Waals surface area contributed by atoms with Crippen molar-refractivity contribution < 1.29 is 14.3 Å². The molecule has 178 valence electrons. The number of morpholine rings is 1. The van der Waals surface area contributed by atoms with Crippen LogP contribution in [0.15, 0.2) is 48.5 Å². The zero-order chi connectivity index (χ0) is 23.1. The van der Waals surface area contributed by atoms with Crippen LogP contribution in [0, 0.1) is 0 Å². The summed E-state index contributed by atoms with van der Waals surface area (Å²) in [6, 6.07) is 17.6. The summed E-state index contributed by atoms with van der Waals surface area (Å²) in [4.78, 5) is 15.9. The fourth-order valence-corrected chi connectivity index (χ4v) is 5.73. The molecule has 0 spiro atoms. The lowest BCUT2D eigenvalue weighted by molar-refractivity contribution is -0.0843. The van der Waals surface area contributed by atoms with Crippen LogP contribution in [-0.2, 0) is 11.3 Å². The summed E-state index contributed by atoms with van der Waals surface area (Å²) in [6.07, 6.45) is 5.30. The minimum Gasteiger partial charge on any atom is -0.497 e. The highest BCUT2D eigenvalue weighted by atomic mass is 16.5. The number of fused-ring (bicyclic) bond motifs is 3. The largest absolute Gasteiger partial charge is 0.497 e. The summed E-state index contributed by atoms with van der Waals surface area (Å²) >= 11 is 0. The normalized spacial score (nSPS) is 25.1. The van der Waals surface area contributed by atoms with Crippen molar-refractivity contribution in [3.8, 4) is 5.75 Å². The number of nitrogens with zero attached hydrogens (tertiary/aromatic N) is 3. The molecule has 7 heteroatoms. The molecule has 34 heavy (non-hydrogen) atoms. The number of aromatic nitrogens is 2. The third-order valence-corrected chi connectivity index (χ3v) is 7.78. The van der Waals surface area contributed by atoms with E-state index in [1.54, 1.807) is 7.11 Å². The van der Waals surface area contributed by atoms with Crippen molar-refractivity contribution in [2.24, 2.45) is 0 Å². The summed E-state index contributed by atoms with van der Waals surface area (Å²) in [6.45, 7) is 2.30. The third kappa shape index (κ3) is 3.97. The van der Waals surface area contributed by atoms with E-state index in [1.807, 2.05) is 30.3 Å². The molecular weight excluding hydrogens is 428 g/mol. The van der Waals surface area contributed by atoms with Gasteiger partial charge in [-0.1, -0.05) is 30.3 Å². The Labute approximate surface area is 200 Å². The molecule has 0 radical (unpaired) electrons. The Bertz CT molecular complexity index is 1160. The Morgan fingerprint density at radius 3 is 2.47 bits per heavy atom. The molecular formula is C27H32N4O3. The van der Waals surface area contributed by atoms with Crippen LogP contribution < -0.4 is 10.1 Å². The van der Waals surface area contributed by atoms with Crippen LogP contribution in [-0.4, -0.2) is 59.0 Å². The van der Waals surface area contributed by atoms with Crippen molar-refractivity contribution in [2.75, 3.05) is 20.3 Å². The van der Waals surface area contributed by atoms with Crippen molar-refractivity contribution in [3.63, 3.8) is 0 Å². The molecule has 1 N–H and O–H groups in total. The highest BCUT2D eigenvalue weighted by molar-refractivity contribution is 6.05. The molecule has 2 aliphatic heterocycles. The summed E-state index contributed by atoms with van der Waals surface area (Å²) < 4.78 is 13.3. The molecule has 2 atom stereocenters. The molecule has 3 aromatic rings. The minimum absolute atomic E-state index is 0.0538. The molecule has 2 unspecified atom stereocenters. The molecule has 1 saturated carbocycles. The molecule has 3 fully saturated rings. The fourth-order valence-electron chi connectivity index (χ4n) is 5.73. The van der Waals surface area contributed by atoms with E-state index >= 15 is 0 Å². The number of rotatable bonds is 6. The maximum atomic E-state index is 13.4. The number of ether oxygens (including phenoxy) is 2. The Morgan fingerprint density at radius 2 is 1.79 bits per heavy atom. The van der Waals surface area contributed by atoms with Gasteiger partial charge in [-0.25, -0.2) is 0 Å². The van der Waals surface area contributed by atoms with Crippen LogP contribution in [0.4, 0.5) is 0 Å². The van der Waals surface area contributed by atoms with E-state index in [1.165, 1.54) is 12.0 Å². The van der Waals surface area contributed by atoms with E-state index in [9.17, 15) is 4.79 Å². The first kappa shape index (κ1) is 21.6. The molecule has 1 aromatic heterocycles. The van der Waals surface area contributed by atoms with E-state index in [0.29, 0.717) is 37.0 Å².